The Kier molecular flexibility index (Phi) is 3.18. The van der Waals surface area contributed by atoms with Gasteiger partial charge in [0.2, 0.25) is 0 Å². The van der Waals surface area contributed by atoms with Crippen molar-refractivity contribution in [2.24, 2.45) is 0 Å². The van der Waals surface area contributed by atoms with E-state index in [9.17, 15) is 13.2 Å². The van der Waals surface area contributed by atoms with E-state index in [1.807, 2.05) is 0 Å². The second-order valence-corrected chi connectivity index (χ2v) is 3.46. The van der Waals surface area contributed by atoms with E-state index >= 15 is 0 Å². The zero-order valence-corrected chi connectivity index (χ0v) is 7.67. The average Bonchev–Trinajstić information content (AvgIpc) is 2.77. The fourth-order valence-electron chi connectivity index (χ4n) is 1.28. The lowest BCUT2D eigenvalue weighted by Gasteiger charge is -2.20. The molecule has 1 saturated carbocycles. The van der Waals surface area contributed by atoms with Crippen LogP contribution < -0.4 is 10.6 Å². The fraction of sp³-hybridized carbons (Fsp3) is 1.00. The lowest BCUT2D eigenvalue weighted by molar-refractivity contribution is -0.165. The largest absolute Gasteiger partial charge is 0.406 e. The molecular weight excluding hydrogens is 181 g/mol. The predicted molar refractivity (Wildman–Crippen MR) is 44.6 cm³/mol. The second-order valence-electron chi connectivity index (χ2n) is 3.46. The van der Waals surface area contributed by atoms with E-state index < -0.39 is 11.7 Å². The van der Waals surface area contributed by atoms with Gasteiger partial charge in [0.25, 0.3) is 0 Å². The summed E-state index contributed by atoms with van der Waals surface area (Å²) < 4.78 is 37.0. The second kappa shape index (κ2) is 3.84. The first-order chi connectivity index (χ1) is 6.02. The van der Waals surface area contributed by atoms with Gasteiger partial charge in [-0.1, -0.05) is 0 Å². The van der Waals surface area contributed by atoms with Gasteiger partial charge in [0.1, 0.15) is 5.54 Å². The van der Waals surface area contributed by atoms with Crippen molar-refractivity contribution in [1.29, 1.82) is 0 Å². The van der Waals surface area contributed by atoms with Crippen LogP contribution in [-0.2, 0) is 0 Å². The zero-order valence-electron chi connectivity index (χ0n) is 7.67. The first-order valence-corrected chi connectivity index (χ1v) is 4.48. The number of hydrogen-bond acceptors (Lipinski definition) is 2. The van der Waals surface area contributed by atoms with Gasteiger partial charge in [-0.05, 0) is 39.4 Å². The quantitative estimate of drug-likeness (QED) is 0.647. The summed E-state index contributed by atoms with van der Waals surface area (Å²) in [4.78, 5) is 0. The van der Waals surface area contributed by atoms with Gasteiger partial charge in [-0.3, -0.25) is 0 Å². The summed E-state index contributed by atoms with van der Waals surface area (Å²) in [6, 6.07) is 0. The molecule has 1 fully saturated rings. The molecule has 13 heavy (non-hydrogen) atoms. The molecule has 0 aromatic carbocycles. The third-order valence-corrected chi connectivity index (χ3v) is 2.36. The highest BCUT2D eigenvalue weighted by Crippen LogP contribution is 2.48. The summed E-state index contributed by atoms with van der Waals surface area (Å²) in [5.74, 6) is 0. The van der Waals surface area contributed by atoms with Crippen LogP contribution in [0.1, 0.15) is 19.3 Å². The summed E-state index contributed by atoms with van der Waals surface area (Å²) >= 11 is 0. The molecule has 2 nitrogen and oxygen atoms in total. The summed E-state index contributed by atoms with van der Waals surface area (Å²) in [5.41, 5.74) is -1.54. The maximum Gasteiger partial charge on any atom is 0.406 e. The van der Waals surface area contributed by atoms with E-state index in [1.54, 1.807) is 7.05 Å². The molecule has 2 N–H and O–H groups in total. The van der Waals surface area contributed by atoms with E-state index in [1.165, 1.54) is 0 Å². The van der Waals surface area contributed by atoms with E-state index in [0.717, 1.165) is 13.0 Å². The highest BCUT2D eigenvalue weighted by Gasteiger charge is 2.62. The van der Waals surface area contributed by atoms with E-state index in [-0.39, 0.29) is 12.8 Å². The first kappa shape index (κ1) is 10.8. The number of halogens is 3. The van der Waals surface area contributed by atoms with Crippen molar-refractivity contribution in [3.8, 4) is 0 Å². The van der Waals surface area contributed by atoms with Crippen LogP contribution in [0.3, 0.4) is 0 Å². The molecule has 1 aliphatic rings. The Balaban J connectivity index is 2.21. The number of alkyl halides is 3. The Labute approximate surface area is 75.9 Å². The number of hydrogen-bond donors (Lipinski definition) is 2. The van der Waals surface area contributed by atoms with Gasteiger partial charge < -0.3 is 10.6 Å². The molecule has 0 atom stereocenters. The number of rotatable bonds is 5. The smallest absolute Gasteiger partial charge is 0.320 e. The standard InChI is InChI=1S/C8H15F3N2/c1-12-5-2-6-13-7(3-4-7)8(9,10)11/h12-13H,2-6H2,1H3. The molecule has 0 spiro atoms. The van der Waals surface area contributed by atoms with Gasteiger partial charge in [-0.2, -0.15) is 13.2 Å². The molecule has 0 amide bonds. The average molecular weight is 196 g/mol. The summed E-state index contributed by atoms with van der Waals surface area (Å²) in [6.07, 6.45) is -2.88. The third-order valence-electron chi connectivity index (χ3n) is 2.36. The van der Waals surface area contributed by atoms with Crippen molar-refractivity contribution < 1.29 is 13.2 Å². The maximum atomic E-state index is 12.3. The zero-order chi connectivity index (χ0) is 9.95. The fourth-order valence-corrected chi connectivity index (χ4v) is 1.28. The van der Waals surface area contributed by atoms with Crippen LogP contribution in [0.2, 0.25) is 0 Å². The molecule has 0 aromatic heterocycles. The third kappa shape index (κ3) is 2.57. The minimum Gasteiger partial charge on any atom is -0.320 e. The van der Waals surface area contributed by atoms with Gasteiger partial charge >= 0.3 is 6.18 Å². The van der Waals surface area contributed by atoms with E-state index in [0.29, 0.717) is 6.54 Å². The highest BCUT2D eigenvalue weighted by atomic mass is 19.4. The number of nitrogens with one attached hydrogen (secondary N) is 2. The minimum absolute atomic E-state index is 0.232. The normalized spacial score (nSPS) is 20.3. The predicted octanol–water partition coefficient (Wildman–Crippen LogP) is 1.28. The molecule has 0 radical (unpaired) electrons. The molecule has 0 saturated heterocycles. The molecule has 0 unspecified atom stereocenters. The Hall–Kier alpha value is -0.290. The van der Waals surface area contributed by atoms with Crippen molar-refractivity contribution in [2.75, 3.05) is 20.1 Å². The minimum atomic E-state index is -4.08. The van der Waals surface area contributed by atoms with Gasteiger partial charge in [-0.15, -0.1) is 0 Å². The van der Waals surface area contributed by atoms with Gasteiger partial charge in [0, 0.05) is 0 Å². The van der Waals surface area contributed by atoms with E-state index in [2.05, 4.69) is 10.6 Å². The molecule has 0 aromatic rings. The van der Waals surface area contributed by atoms with Crippen molar-refractivity contribution in [1.82, 2.24) is 10.6 Å². The van der Waals surface area contributed by atoms with Crippen LogP contribution in [0, 0.1) is 0 Å². The van der Waals surface area contributed by atoms with Crippen LogP contribution in [0.4, 0.5) is 13.2 Å². The van der Waals surface area contributed by atoms with Crippen molar-refractivity contribution >= 4 is 0 Å². The highest BCUT2D eigenvalue weighted by molar-refractivity contribution is 5.07. The molecule has 1 rings (SSSR count). The summed E-state index contributed by atoms with van der Waals surface area (Å²) in [7, 11) is 1.79. The molecule has 0 bridgehead atoms. The monoisotopic (exact) mass is 196 g/mol. The van der Waals surface area contributed by atoms with Gasteiger partial charge in [-0.25, -0.2) is 0 Å². The van der Waals surface area contributed by atoms with Crippen LogP contribution in [0.15, 0.2) is 0 Å². The lowest BCUT2D eigenvalue weighted by atomic mass is 10.2. The lowest BCUT2D eigenvalue weighted by Crippen LogP contribution is -2.45. The van der Waals surface area contributed by atoms with Crippen LogP contribution >= 0.6 is 0 Å². The Morgan fingerprint density at radius 3 is 2.23 bits per heavy atom. The Morgan fingerprint density at radius 2 is 1.85 bits per heavy atom. The van der Waals surface area contributed by atoms with Gasteiger partial charge in [0.15, 0.2) is 0 Å². The van der Waals surface area contributed by atoms with E-state index in [4.69, 9.17) is 0 Å². The molecule has 1 aliphatic carbocycles. The summed E-state index contributed by atoms with van der Waals surface area (Å²) in [6.45, 7) is 1.18. The molecule has 78 valence electrons. The van der Waals surface area contributed by atoms with Gasteiger partial charge in [0.05, 0.1) is 0 Å². The maximum absolute atomic E-state index is 12.3. The Bertz CT molecular complexity index is 163. The molecule has 0 heterocycles. The Morgan fingerprint density at radius 1 is 1.23 bits per heavy atom. The molecule has 5 heteroatoms. The first-order valence-electron chi connectivity index (χ1n) is 4.48. The SMILES string of the molecule is CNCCCNC1(C(F)(F)F)CC1. The molecular formula is C8H15F3N2. The van der Waals surface area contributed by atoms with Crippen molar-refractivity contribution in [2.45, 2.75) is 31.0 Å². The topological polar surface area (TPSA) is 24.1 Å². The molecule has 0 aliphatic heterocycles. The summed E-state index contributed by atoms with van der Waals surface area (Å²) in [5, 5.41) is 5.47. The van der Waals surface area contributed by atoms with Crippen LogP contribution in [-0.4, -0.2) is 31.9 Å². The van der Waals surface area contributed by atoms with Crippen molar-refractivity contribution in [3.05, 3.63) is 0 Å². The van der Waals surface area contributed by atoms with Crippen LogP contribution in [0.25, 0.3) is 0 Å². The van der Waals surface area contributed by atoms with Crippen LogP contribution in [0.5, 0.6) is 0 Å². The van der Waals surface area contributed by atoms with Crippen molar-refractivity contribution in [3.63, 3.8) is 0 Å².